The van der Waals surface area contributed by atoms with Crippen molar-refractivity contribution in [1.29, 1.82) is 0 Å². The highest BCUT2D eigenvalue weighted by atomic mass is 35.5. The Morgan fingerprint density at radius 2 is 1.35 bits per heavy atom. The molecule has 0 aliphatic rings. The molecule has 0 aliphatic carbocycles. The molecule has 40 heavy (non-hydrogen) atoms. The third kappa shape index (κ3) is 11.9. The second-order valence-corrected chi connectivity index (χ2v) is 10.7. The Hall–Kier alpha value is -2.48. The van der Waals surface area contributed by atoms with Crippen molar-refractivity contribution < 1.29 is 34.0 Å². The van der Waals surface area contributed by atoms with Crippen molar-refractivity contribution in [2.24, 2.45) is 5.92 Å². The Labute approximate surface area is 247 Å². The molecule has 222 valence electrons. The van der Waals surface area contributed by atoms with E-state index < -0.39 is 18.0 Å². The maximum absolute atomic E-state index is 12.6. The molecule has 2 N–H and O–H groups in total. The van der Waals surface area contributed by atoms with Crippen molar-refractivity contribution in [2.75, 3.05) is 19.8 Å². The molecule has 0 fully saturated rings. The van der Waals surface area contributed by atoms with Crippen LogP contribution < -0.4 is 9.47 Å². The number of unbranched alkanes of at least 4 members (excludes halogenated alkanes) is 4. The first-order valence-corrected chi connectivity index (χ1v) is 15.0. The summed E-state index contributed by atoms with van der Waals surface area (Å²) in [5.41, 5.74) is 0.294. The van der Waals surface area contributed by atoms with Crippen LogP contribution in [0.4, 0.5) is 0 Å². The lowest BCUT2D eigenvalue weighted by atomic mass is 9.90. The van der Waals surface area contributed by atoms with Gasteiger partial charge in [-0.3, -0.25) is 0 Å². The molecule has 0 spiro atoms. The number of aromatic carboxylic acids is 1. The minimum atomic E-state index is -1.09. The summed E-state index contributed by atoms with van der Waals surface area (Å²) in [6.07, 6.45) is 8.62. The van der Waals surface area contributed by atoms with Crippen LogP contribution in [0.1, 0.15) is 98.8 Å². The highest BCUT2D eigenvalue weighted by molar-refractivity contribution is 6.34. The van der Waals surface area contributed by atoms with E-state index in [1.54, 1.807) is 24.3 Å². The average Bonchev–Trinajstić information content (AvgIpc) is 2.92. The zero-order valence-corrected chi connectivity index (χ0v) is 25.0. The maximum Gasteiger partial charge on any atom is 0.339 e. The van der Waals surface area contributed by atoms with Crippen LogP contribution >= 0.6 is 23.2 Å². The molecule has 2 aromatic carbocycles. The number of hydrogen-bond acceptors (Lipinski definition) is 6. The number of ether oxygens (including phenoxy) is 3. The summed E-state index contributed by atoms with van der Waals surface area (Å²) in [6.45, 7) is 5.34. The molecule has 7 nitrogen and oxygen atoms in total. The summed E-state index contributed by atoms with van der Waals surface area (Å²) >= 11 is 12.3. The van der Waals surface area contributed by atoms with Gasteiger partial charge in [0.05, 0.1) is 47.1 Å². The van der Waals surface area contributed by atoms with Crippen molar-refractivity contribution in [3.05, 3.63) is 57.6 Å². The molecule has 9 heteroatoms. The van der Waals surface area contributed by atoms with Gasteiger partial charge in [-0.2, -0.15) is 0 Å². The van der Waals surface area contributed by atoms with Gasteiger partial charge < -0.3 is 24.4 Å². The number of carbonyl (C=O) groups excluding carboxylic acids is 1. The van der Waals surface area contributed by atoms with Gasteiger partial charge in [0.1, 0.15) is 11.5 Å². The van der Waals surface area contributed by atoms with Gasteiger partial charge in [-0.1, -0.05) is 69.2 Å². The smallest absolute Gasteiger partial charge is 0.339 e. The monoisotopic (exact) mass is 596 g/mol. The van der Waals surface area contributed by atoms with Crippen molar-refractivity contribution in [3.63, 3.8) is 0 Å². The second kappa shape index (κ2) is 18.8. The van der Waals surface area contributed by atoms with Crippen molar-refractivity contribution in [2.45, 2.75) is 84.2 Å². The fourth-order valence-corrected chi connectivity index (χ4v) is 4.93. The minimum absolute atomic E-state index is 0.0256. The number of carbonyl (C=O) groups is 2. The Bertz CT molecular complexity index is 1060. The number of hydrogen-bond donors (Lipinski definition) is 2. The summed E-state index contributed by atoms with van der Waals surface area (Å²) < 4.78 is 16.8. The van der Waals surface area contributed by atoms with E-state index in [0.717, 1.165) is 32.1 Å². The highest BCUT2D eigenvalue weighted by Gasteiger charge is 2.20. The van der Waals surface area contributed by atoms with Crippen LogP contribution in [0.2, 0.25) is 10.0 Å². The standard InChI is InChI=1S/C31H42Cl2O7/c1-3-5-6-7-8-17-38-24-13-15-26(28(33)21-24)31(37)40-19-16-29(34)22(10-4-2)11-9-18-39-23-12-14-25(30(35)36)27(32)20-23/h12-15,20-22,29,34H,3-11,16-19H2,1-2H3,(H,35,36). The van der Waals surface area contributed by atoms with Gasteiger partial charge in [0.25, 0.3) is 0 Å². The Balaban J connectivity index is 1.73. The molecule has 0 aliphatic heterocycles. The molecule has 0 heterocycles. The van der Waals surface area contributed by atoms with Crippen LogP contribution in [-0.2, 0) is 4.74 Å². The first-order chi connectivity index (χ1) is 19.3. The molecule has 0 bridgehead atoms. The van der Waals surface area contributed by atoms with E-state index in [4.69, 9.17) is 42.5 Å². The predicted molar refractivity (Wildman–Crippen MR) is 158 cm³/mol. The second-order valence-electron chi connectivity index (χ2n) is 9.88. The normalized spacial score (nSPS) is 12.5. The lowest BCUT2D eigenvalue weighted by Crippen LogP contribution is -2.23. The summed E-state index contributed by atoms with van der Waals surface area (Å²) in [5, 5.41) is 20.2. The van der Waals surface area contributed by atoms with Crippen LogP contribution in [0.3, 0.4) is 0 Å². The van der Waals surface area contributed by atoms with E-state index in [1.165, 1.54) is 31.4 Å². The number of aliphatic hydroxyl groups is 1. The third-order valence-electron chi connectivity index (χ3n) is 6.69. The Morgan fingerprint density at radius 1 is 0.750 bits per heavy atom. The van der Waals surface area contributed by atoms with Gasteiger partial charge in [0, 0.05) is 6.42 Å². The zero-order valence-electron chi connectivity index (χ0n) is 23.5. The molecule has 2 atom stereocenters. The zero-order chi connectivity index (χ0) is 29.3. The minimum Gasteiger partial charge on any atom is -0.494 e. The van der Waals surface area contributed by atoms with Crippen molar-refractivity contribution in [1.82, 2.24) is 0 Å². The van der Waals surface area contributed by atoms with E-state index in [1.807, 2.05) is 0 Å². The van der Waals surface area contributed by atoms with E-state index in [-0.39, 0.29) is 33.7 Å². The van der Waals surface area contributed by atoms with Gasteiger partial charge in [0.2, 0.25) is 0 Å². The summed E-state index contributed by atoms with van der Waals surface area (Å²) in [5.74, 6) is -0.467. The van der Waals surface area contributed by atoms with Gasteiger partial charge in [-0.05, 0) is 68.0 Å². The number of aliphatic hydroxyl groups excluding tert-OH is 1. The molecule has 0 saturated carbocycles. The highest BCUT2D eigenvalue weighted by Crippen LogP contribution is 2.26. The first kappa shape index (κ1) is 33.7. The average molecular weight is 598 g/mol. The van der Waals surface area contributed by atoms with Crippen molar-refractivity contribution >= 4 is 35.1 Å². The number of esters is 1. The topological polar surface area (TPSA) is 102 Å². The van der Waals surface area contributed by atoms with Gasteiger partial charge in [-0.25, -0.2) is 9.59 Å². The summed E-state index contributed by atoms with van der Waals surface area (Å²) in [4.78, 5) is 23.6. The molecular weight excluding hydrogens is 555 g/mol. The molecule has 2 aromatic rings. The Morgan fingerprint density at radius 3 is 1.93 bits per heavy atom. The molecule has 2 unspecified atom stereocenters. The lowest BCUT2D eigenvalue weighted by Gasteiger charge is -2.22. The van der Waals surface area contributed by atoms with E-state index in [0.29, 0.717) is 37.6 Å². The number of halogens is 2. The molecule has 0 amide bonds. The number of carboxylic acid groups (broad SMARTS) is 1. The lowest BCUT2D eigenvalue weighted by molar-refractivity contribution is 0.0323. The SMILES string of the molecule is CCCCCCCOc1ccc(C(=O)OCCC(O)C(CCC)CCCOc2ccc(C(=O)O)c(Cl)c2)c(Cl)c1. The van der Waals surface area contributed by atoms with E-state index >= 15 is 0 Å². The fourth-order valence-electron chi connectivity index (χ4n) is 4.43. The van der Waals surface area contributed by atoms with Crippen LogP contribution in [-0.4, -0.2) is 48.1 Å². The van der Waals surface area contributed by atoms with Crippen LogP contribution in [0.15, 0.2) is 36.4 Å². The van der Waals surface area contributed by atoms with Crippen LogP contribution in [0.25, 0.3) is 0 Å². The molecular formula is C31H42Cl2O7. The molecule has 2 rings (SSSR count). The predicted octanol–water partition coefficient (Wildman–Crippen LogP) is 8.22. The van der Waals surface area contributed by atoms with Gasteiger partial charge in [0.15, 0.2) is 0 Å². The van der Waals surface area contributed by atoms with Crippen molar-refractivity contribution in [3.8, 4) is 11.5 Å². The first-order valence-electron chi connectivity index (χ1n) is 14.2. The molecule has 0 saturated heterocycles. The number of rotatable bonds is 20. The van der Waals surface area contributed by atoms with Gasteiger partial charge >= 0.3 is 11.9 Å². The number of benzene rings is 2. The maximum atomic E-state index is 12.6. The summed E-state index contributed by atoms with van der Waals surface area (Å²) in [7, 11) is 0. The third-order valence-corrected chi connectivity index (χ3v) is 7.31. The molecule has 0 radical (unpaired) electrons. The Kier molecular flexibility index (Phi) is 15.8. The van der Waals surface area contributed by atoms with Crippen LogP contribution in [0.5, 0.6) is 11.5 Å². The largest absolute Gasteiger partial charge is 0.494 e. The van der Waals surface area contributed by atoms with Gasteiger partial charge in [-0.15, -0.1) is 0 Å². The molecule has 0 aromatic heterocycles. The van der Waals surface area contributed by atoms with Crippen LogP contribution in [0, 0.1) is 5.92 Å². The van der Waals surface area contributed by atoms with E-state index in [9.17, 15) is 14.7 Å². The number of carboxylic acids is 1. The summed E-state index contributed by atoms with van der Waals surface area (Å²) in [6, 6.07) is 9.43. The fraction of sp³-hybridized carbons (Fsp3) is 0.548. The van der Waals surface area contributed by atoms with E-state index in [2.05, 4.69) is 13.8 Å². The quantitative estimate of drug-likeness (QED) is 0.117.